The minimum absolute atomic E-state index is 0.0927. The molecule has 2 aromatic carbocycles. The fourth-order valence-electron chi connectivity index (χ4n) is 4.09. The zero-order valence-electron chi connectivity index (χ0n) is 16.3. The van der Waals surface area contributed by atoms with Crippen LogP contribution in [0.4, 0.5) is 10.1 Å². The summed E-state index contributed by atoms with van der Waals surface area (Å²) in [5.41, 5.74) is 7.11. The van der Waals surface area contributed by atoms with Crippen LogP contribution in [-0.2, 0) is 16.0 Å². The Kier molecular flexibility index (Phi) is 4.27. The van der Waals surface area contributed by atoms with Crippen molar-refractivity contribution in [1.29, 1.82) is 5.26 Å². The lowest BCUT2D eigenvalue weighted by Crippen LogP contribution is -2.42. The summed E-state index contributed by atoms with van der Waals surface area (Å²) < 4.78 is 19.8. The Morgan fingerprint density at radius 1 is 1.29 bits per heavy atom. The van der Waals surface area contributed by atoms with E-state index in [0.717, 1.165) is 10.5 Å². The zero-order chi connectivity index (χ0) is 21.8. The van der Waals surface area contributed by atoms with Gasteiger partial charge < -0.3 is 15.8 Å². The molecule has 7 nitrogen and oxygen atoms in total. The van der Waals surface area contributed by atoms with E-state index in [2.05, 4.69) is 15.5 Å². The Balaban J connectivity index is 1.68. The number of thioether (sulfide) groups is 1. The number of aromatic nitrogens is 2. The predicted molar refractivity (Wildman–Crippen MR) is 113 cm³/mol. The van der Waals surface area contributed by atoms with E-state index in [4.69, 9.17) is 10.5 Å². The third kappa shape index (κ3) is 2.72. The van der Waals surface area contributed by atoms with Gasteiger partial charge in [0.15, 0.2) is 0 Å². The molecule has 2 aliphatic heterocycles. The Bertz CT molecular complexity index is 1310. The summed E-state index contributed by atoms with van der Waals surface area (Å²) in [5.74, 6) is -0.736. The molecule has 3 heterocycles. The maximum atomic E-state index is 14.2. The maximum absolute atomic E-state index is 14.2. The number of aryl methyl sites for hydroxylation is 1. The molecule has 4 N–H and O–H groups in total. The molecule has 5 rings (SSSR count). The molecular formula is C22H16FN5O2S. The molecule has 3 aromatic rings. The van der Waals surface area contributed by atoms with Gasteiger partial charge in [-0.05, 0) is 37.3 Å². The molecule has 9 heteroatoms. The lowest BCUT2D eigenvalue weighted by Gasteiger charge is -2.31. The molecule has 31 heavy (non-hydrogen) atoms. The van der Waals surface area contributed by atoms with E-state index in [-0.39, 0.29) is 17.3 Å². The van der Waals surface area contributed by atoms with Gasteiger partial charge in [0.1, 0.15) is 22.9 Å². The number of rotatable bonds is 3. The largest absolute Gasteiger partial charge is 0.420 e. The number of hydrogen-bond donors (Lipinski definition) is 3. The normalized spacial score (nSPS) is 18.9. The number of fused-ring (bicyclic) bond motifs is 4. The Labute approximate surface area is 181 Å². The Hall–Kier alpha value is -3.77. The number of carbonyl (C=O) groups is 1. The summed E-state index contributed by atoms with van der Waals surface area (Å²) in [6.07, 6.45) is 0. The first kappa shape index (κ1) is 19.2. The molecule has 0 saturated carbocycles. The first-order chi connectivity index (χ1) is 14.9. The molecule has 0 fully saturated rings. The van der Waals surface area contributed by atoms with Crippen molar-refractivity contribution >= 4 is 23.4 Å². The first-order valence-electron chi connectivity index (χ1n) is 9.42. The third-order valence-electron chi connectivity index (χ3n) is 5.50. The van der Waals surface area contributed by atoms with Gasteiger partial charge in [-0.3, -0.25) is 9.89 Å². The van der Waals surface area contributed by atoms with Crippen LogP contribution in [0.2, 0.25) is 0 Å². The highest BCUT2D eigenvalue weighted by molar-refractivity contribution is 7.98. The molecule has 0 radical (unpaired) electrons. The highest BCUT2D eigenvalue weighted by Gasteiger charge is 2.58. The molecule has 0 bridgehead atoms. The van der Waals surface area contributed by atoms with Crippen molar-refractivity contribution in [2.24, 2.45) is 5.73 Å². The molecule has 0 aliphatic carbocycles. The number of nitrogens with two attached hydrogens (primary N) is 1. The average molecular weight is 433 g/mol. The quantitative estimate of drug-likeness (QED) is 0.545. The number of benzene rings is 2. The van der Waals surface area contributed by atoms with Gasteiger partial charge in [0.05, 0.1) is 11.3 Å². The van der Waals surface area contributed by atoms with Crippen molar-refractivity contribution in [3.05, 3.63) is 82.1 Å². The summed E-state index contributed by atoms with van der Waals surface area (Å²) in [5, 5.41) is 19.8. The SMILES string of the molecule is Cc1ccc(SCc2[nH]nc3c2C2(C(=O)Nc4ccc(F)cc42)C(C#N)=C(N)O3)cc1. The smallest absolute Gasteiger partial charge is 0.245 e. The number of nitriles is 1. The van der Waals surface area contributed by atoms with Gasteiger partial charge in [0, 0.05) is 21.9 Å². The number of H-pyrrole nitrogens is 1. The van der Waals surface area contributed by atoms with Crippen LogP contribution in [0.25, 0.3) is 0 Å². The van der Waals surface area contributed by atoms with Crippen LogP contribution in [0.5, 0.6) is 5.88 Å². The Morgan fingerprint density at radius 3 is 2.81 bits per heavy atom. The van der Waals surface area contributed by atoms with E-state index in [9.17, 15) is 14.4 Å². The minimum atomic E-state index is -1.64. The van der Waals surface area contributed by atoms with Crippen molar-refractivity contribution in [2.75, 3.05) is 5.32 Å². The lowest BCUT2D eigenvalue weighted by atomic mass is 9.69. The molecule has 1 atom stereocenters. The molecule has 1 amide bonds. The molecule has 1 spiro atoms. The monoisotopic (exact) mass is 433 g/mol. The van der Waals surface area contributed by atoms with Crippen molar-refractivity contribution < 1.29 is 13.9 Å². The van der Waals surface area contributed by atoms with Gasteiger partial charge in [-0.2, -0.15) is 5.26 Å². The van der Waals surface area contributed by atoms with Gasteiger partial charge >= 0.3 is 0 Å². The summed E-state index contributed by atoms with van der Waals surface area (Å²) in [7, 11) is 0. The highest BCUT2D eigenvalue weighted by atomic mass is 32.2. The van der Waals surface area contributed by atoms with Gasteiger partial charge in [-0.25, -0.2) is 4.39 Å². The van der Waals surface area contributed by atoms with E-state index < -0.39 is 17.1 Å². The predicted octanol–water partition coefficient (Wildman–Crippen LogP) is 3.47. The molecule has 1 unspecified atom stereocenters. The number of hydrogen-bond acceptors (Lipinski definition) is 6. The molecule has 154 valence electrons. The van der Waals surface area contributed by atoms with Crippen molar-refractivity contribution in [3.8, 4) is 11.9 Å². The number of carbonyl (C=O) groups excluding carboxylic acids is 1. The topological polar surface area (TPSA) is 117 Å². The van der Waals surface area contributed by atoms with Crippen LogP contribution < -0.4 is 15.8 Å². The van der Waals surface area contributed by atoms with Crippen LogP contribution >= 0.6 is 11.8 Å². The van der Waals surface area contributed by atoms with Crippen molar-refractivity contribution in [3.63, 3.8) is 0 Å². The lowest BCUT2D eigenvalue weighted by molar-refractivity contribution is -0.118. The number of halogens is 1. The van der Waals surface area contributed by atoms with Crippen molar-refractivity contribution in [1.82, 2.24) is 10.2 Å². The number of nitrogens with one attached hydrogen (secondary N) is 2. The van der Waals surface area contributed by atoms with E-state index >= 15 is 0 Å². The van der Waals surface area contributed by atoms with Crippen LogP contribution in [-0.4, -0.2) is 16.1 Å². The number of aromatic amines is 1. The fraction of sp³-hybridized carbons (Fsp3) is 0.136. The van der Waals surface area contributed by atoms with Crippen LogP contribution in [0.15, 0.2) is 58.8 Å². The second-order valence-corrected chi connectivity index (χ2v) is 8.38. The first-order valence-corrected chi connectivity index (χ1v) is 10.4. The second-order valence-electron chi connectivity index (χ2n) is 7.33. The standard InChI is InChI=1S/C22H16FN5O2S/c1-11-2-5-13(6-3-11)31-10-17-18-20(28-27-17)30-19(25)15(9-24)22(18)14-8-12(23)4-7-16(14)26-21(22)29/h2-8H,10,25H2,1H3,(H,26,29)(H,27,28). The highest BCUT2D eigenvalue weighted by Crippen LogP contribution is 2.54. The van der Waals surface area contributed by atoms with Gasteiger partial charge in [-0.1, -0.05) is 17.7 Å². The third-order valence-corrected chi connectivity index (χ3v) is 6.54. The number of ether oxygens (including phenoxy) is 1. The fourth-order valence-corrected chi connectivity index (χ4v) is 4.94. The van der Waals surface area contributed by atoms with E-state index in [1.807, 2.05) is 37.3 Å². The van der Waals surface area contributed by atoms with Gasteiger partial charge in [0.2, 0.25) is 17.7 Å². The molecule has 1 aromatic heterocycles. The second kappa shape index (κ2) is 6.89. The summed E-state index contributed by atoms with van der Waals surface area (Å²) in [4.78, 5) is 14.4. The Morgan fingerprint density at radius 2 is 2.06 bits per heavy atom. The molecular weight excluding hydrogens is 417 g/mol. The van der Waals surface area contributed by atoms with E-state index in [1.165, 1.54) is 30.0 Å². The van der Waals surface area contributed by atoms with Gasteiger partial charge in [0.25, 0.3) is 0 Å². The summed E-state index contributed by atoms with van der Waals surface area (Å²) >= 11 is 1.53. The number of amides is 1. The number of anilines is 1. The summed E-state index contributed by atoms with van der Waals surface area (Å²) in [6.45, 7) is 2.01. The maximum Gasteiger partial charge on any atom is 0.245 e. The van der Waals surface area contributed by atoms with E-state index in [0.29, 0.717) is 28.3 Å². The van der Waals surface area contributed by atoms with Crippen LogP contribution in [0.1, 0.15) is 22.4 Å². The van der Waals surface area contributed by atoms with Crippen LogP contribution in [0.3, 0.4) is 0 Å². The van der Waals surface area contributed by atoms with Crippen LogP contribution in [0, 0.1) is 24.1 Å². The molecule has 2 aliphatic rings. The zero-order valence-corrected chi connectivity index (χ0v) is 17.1. The minimum Gasteiger partial charge on any atom is -0.420 e. The van der Waals surface area contributed by atoms with Gasteiger partial charge in [-0.15, -0.1) is 16.9 Å². The number of nitrogens with zero attached hydrogens (tertiary/aromatic N) is 2. The van der Waals surface area contributed by atoms with E-state index in [1.54, 1.807) is 0 Å². The van der Waals surface area contributed by atoms with Crippen molar-refractivity contribution in [2.45, 2.75) is 23.0 Å². The molecule has 0 saturated heterocycles. The summed E-state index contributed by atoms with van der Waals surface area (Å²) in [6, 6.07) is 14.0. The average Bonchev–Trinajstić information content (AvgIpc) is 3.27.